The first-order chi connectivity index (χ1) is 11.6. The highest BCUT2D eigenvalue weighted by Gasteiger charge is 2.20. The van der Waals surface area contributed by atoms with Gasteiger partial charge in [-0.15, -0.1) is 0 Å². The highest BCUT2D eigenvalue weighted by Crippen LogP contribution is 2.28. The van der Waals surface area contributed by atoms with Crippen LogP contribution in [0.1, 0.15) is 22.5 Å². The van der Waals surface area contributed by atoms with Crippen LogP contribution in [-0.2, 0) is 13.0 Å². The summed E-state index contributed by atoms with van der Waals surface area (Å²) < 4.78 is 3.04. The van der Waals surface area contributed by atoms with Crippen molar-refractivity contribution in [2.75, 3.05) is 11.4 Å². The van der Waals surface area contributed by atoms with Crippen LogP contribution in [0.2, 0.25) is 0 Å². The Labute approximate surface area is 149 Å². The van der Waals surface area contributed by atoms with Crippen LogP contribution in [0.15, 0.2) is 41.1 Å². The van der Waals surface area contributed by atoms with E-state index in [0.29, 0.717) is 0 Å². The van der Waals surface area contributed by atoms with Crippen molar-refractivity contribution < 1.29 is 0 Å². The molecule has 0 N–H and O–H groups in total. The predicted molar refractivity (Wildman–Crippen MR) is 97.5 cm³/mol. The smallest absolute Gasteiger partial charge is 0.174 e. The molecule has 0 radical (unpaired) electrons. The molecule has 6 heteroatoms. The van der Waals surface area contributed by atoms with E-state index in [9.17, 15) is 0 Å². The first-order valence-electron chi connectivity index (χ1n) is 7.99. The maximum atomic E-state index is 4.79. The lowest BCUT2D eigenvalue weighted by atomic mass is 10.00. The maximum Gasteiger partial charge on any atom is 0.174 e. The van der Waals surface area contributed by atoms with Gasteiger partial charge >= 0.3 is 0 Å². The Balaban J connectivity index is 1.66. The second-order valence-corrected chi connectivity index (χ2v) is 6.98. The van der Waals surface area contributed by atoms with Crippen molar-refractivity contribution in [3.63, 3.8) is 0 Å². The molecule has 0 saturated carbocycles. The number of halogens is 1. The quantitative estimate of drug-likeness (QED) is 0.677. The number of hydrogen-bond donors (Lipinski definition) is 0. The van der Waals surface area contributed by atoms with E-state index in [1.54, 1.807) is 6.20 Å². The van der Waals surface area contributed by atoms with Gasteiger partial charge in [0.15, 0.2) is 5.82 Å². The average Bonchev–Trinajstić information content (AvgIpc) is 2.93. The standard InChI is InChI=1S/C18H18BrN5/c1-12-8-13(2)24(22-12)18-10-20-9-17(21-18)23-7-6-15-14(11-23)4-3-5-16(15)19/h3-5,8-10H,6-7,11H2,1-2H3. The molecule has 3 heterocycles. The van der Waals surface area contributed by atoms with E-state index in [4.69, 9.17) is 4.98 Å². The van der Waals surface area contributed by atoms with Gasteiger partial charge in [-0.25, -0.2) is 9.67 Å². The lowest BCUT2D eigenvalue weighted by molar-refractivity contribution is 0.708. The number of fused-ring (bicyclic) bond motifs is 1. The van der Waals surface area contributed by atoms with Gasteiger partial charge in [-0.1, -0.05) is 28.1 Å². The highest BCUT2D eigenvalue weighted by atomic mass is 79.9. The number of anilines is 1. The summed E-state index contributed by atoms with van der Waals surface area (Å²) in [6.45, 7) is 5.80. The zero-order valence-electron chi connectivity index (χ0n) is 13.7. The molecule has 1 aromatic carbocycles. The molecule has 122 valence electrons. The van der Waals surface area contributed by atoms with E-state index in [1.807, 2.05) is 30.8 Å². The molecule has 24 heavy (non-hydrogen) atoms. The zero-order chi connectivity index (χ0) is 16.7. The largest absolute Gasteiger partial charge is 0.351 e. The van der Waals surface area contributed by atoms with E-state index >= 15 is 0 Å². The molecule has 1 aliphatic rings. The van der Waals surface area contributed by atoms with E-state index in [1.165, 1.54) is 15.6 Å². The van der Waals surface area contributed by atoms with Crippen molar-refractivity contribution in [1.29, 1.82) is 0 Å². The fourth-order valence-electron chi connectivity index (χ4n) is 3.22. The fourth-order valence-corrected chi connectivity index (χ4v) is 3.82. The van der Waals surface area contributed by atoms with E-state index in [0.717, 1.165) is 42.5 Å². The van der Waals surface area contributed by atoms with Crippen LogP contribution in [0.3, 0.4) is 0 Å². The van der Waals surface area contributed by atoms with Gasteiger partial charge in [-0.3, -0.25) is 4.98 Å². The number of aromatic nitrogens is 4. The number of benzene rings is 1. The van der Waals surface area contributed by atoms with E-state index in [2.05, 4.69) is 49.1 Å². The molecule has 4 rings (SSSR count). The third-order valence-corrected chi connectivity index (χ3v) is 5.11. The predicted octanol–water partition coefficient (Wildman–Crippen LogP) is 3.60. The Kier molecular flexibility index (Phi) is 3.84. The minimum Gasteiger partial charge on any atom is -0.351 e. The summed E-state index contributed by atoms with van der Waals surface area (Å²) in [5.41, 5.74) is 4.79. The van der Waals surface area contributed by atoms with Gasteiger partial charge in [0.1, 0.15) is 5.82 Å². The van der Waals surface area contributed by atoms with Gasteiger partial charge in [-0.2, -0.15) is 5.10 Å². The Morgan fingerprint density at radius 3 is 2.75 bits per heavy atom. The summed E-state index contributed by atoms with van der Waals surface area (Å²) in [7, 11) is 0. The maximum absolute atomic E-state index is 4.79. The van der Waals surface area contributed by atoms with Crippen LogP contribution in [0, 0.1) is 13.8 Å². The van der Waals surface area contributed by atoms with Crippen LogP contribution in [0.25, 0.3) is 5.82 Å². The first kappa shape index (κ1) is 15.3. The van der Waals surface area contributed by atoms with Crippen LogP contribution < -0.4 is 4.90 Å². The fraction of sp³-hybridized carbons (Fsp3) is 0.278. The molecule has 0 amide bonds. The molecular formula is C18H18BrN5. The van der Waals surface area contributed by atoms with Crippen molar-refractivity contribution in [2.45, 2.75) is 26.8 Å². The summed E-state index contributed by atoms with van der Waals surface area (Å²) in [4.78, 5) is 11.4. The van der Waals surface area contributed by atoms with Crippen LogP contribution in [-0.4, -0.2) is 26.3 Å². The Hall–Kier alpha value is -2.21. The van der Waals surface area contributed by atoms with Crippen LogP contribution >= 0.6 is 15.9 Å². The molecular weight excluding hydrogens is 366 g/mol. The number of nitrogens with zero attached hydrogens (tertiary/aromatic N) is 5. The van der Waals surface area contributed by atoms with Crippen molar-refractivity contribution in [2.24, 2.45) is 0 Å². The van der Waals surface area contributed by atoms with Crippen molar-refractivity contribution in [3.8, 4) is 5.82 Å². The van der Waals surface area contributed by atoms with Crippen molar-refractivity contribution in [1.82, 2.24) is 19.7 Å². The SMILES string of the molecule is Cc1cc(C)n(-c2cncc(N3CCc4c(Br)cccc4C3)n2)n1. The lowest BCUT2D eigenvalue weighted by Gasteiger charge is -2.30. The van der Waals surface area contributed by atoms with Gasteiger partial charge in [0.25, 0.3) is 0 Å². The van der Waals surface area contributed by atoms with Crippen LogP contribution in [0.4, 0.5) is 5.82 Å². The molecule has 3 aromatic rings. The summed E-state index contributed by atoms with van der Waals surface area (Å²) in [6, 6.07) is 8.43. The lowest BCUT2D eigenvalue weighted by Crippen LogP contribution is -2.31. The molecule has 1 aliphatic heterocycles. The Morgan fingerprint density at radius 2 is 1.96 bits per heavy atom. The minimum absolute atomic E-state index is 0.762. The molecule has 0 unspecified atom stereocenters. The molecule has 0 saturated heterocycles. The van der Waals surface area contributed by atoms with Crippen molar-refractivity contribution in [3.05, 3.63) is 63.6 Å². The highest BCUT2D eigenvalue weighted by molar-refractivity contribution is 9.10. The molecule has 2 aromatic heterocycles. The summed E-state index contributed by atoms with van der Waals surface area (Å²) in [6.07, 6.45) is 4.60. The Morgan fingerprint density at radius 1 is 1.12 bits per heavy atom. The van der Waals surface area contributed by atoms with Gasteiger partial charge < -0.3 is 4.90 Å². The second-order valence-electron chi connectivity index (χ2n) is 6.12. The molecule has 0 fully saturated rings. The summed E-state index contributed by atoms with van der Waals surface area (Å²) in [5.74, 6) is 1.66. The molecule has 0 bridgehead atoms. The van der Waals surface area contributed by atoms with E-state index in [-0.39, 0.29) is 0 Å². The minimum atomic E-state index is 0.762. The molecule has 5 nitrogen and oxygen atoms in total. The summed E-state index contributed by atoms with van der Waals surface area (Å²) >= 11 is 3.65. The third kappa shape index (κ3) is 2.71. The number of rotatable bonds is 2. The van der Waals surface area contributed by atoms with Gasteiger partial charge in [-0.05, 0) is 43.5 Å². The number of aryl methyl sites for hydroxylation is 2. The second kappa shape index (κ2) is 6.02. The van der Waals surface area contributed by atoms with Gasteiger partial charge in [0.2, 0.25) is 0 Å². The Bertz CT molecular complexity index is 902. The monoisotopic (exact) mass is 383 g/mol. The molecule has 0 atom stereocenters. The van der Waals surface area contributed by atoms with Gasteiger partial charge in [0, 0.05) is 23.3 Å². The first-order valence-corrected chi connectivity index (χ1v) is 8.78. The van der Waals surface area contributed by atoms with Crippen molar-refractivity contribution >= 4 is 21.7 Å². The van der Waals surface area contributed by atoms with E-state index < -0.39 is 0 Å². The zero-order valence-corrected chi connectivity index (χ0v) is 15.3. The summed E-state index contributed by atoms with van der Waals surface area (Å²) in [5, 5.41) is 4.50. The topological polar surface area (TPSA) is 46.8 Å². The normalized spacial score (nSPS) is 13.9. The van der Waals surface area contributed by atoms with Gasteiger partial charge in [0.05, 0.1) is 18.1 Å². The third-order valence-electron chi connectivity index (χ3n) is 4.37. The average molecular weight is 384 g/mol. The molecule has 0 aliphatic carbocycles. The number of hydrogen-bond acceptors (Lipinski definition) is 4. The molecule has 0 spiro atoms. The van der Waals surface area contributed by atoms with Crippen LogP contribution in [0.5, 0.6) is 0 Å².